The third-order valence-corrected chi connectivity index (χ3v) is 2.81. The van der Waals surface area contributed by atoms with Gasteiger partial charge in [0, 0.05) is 31.7 Å². The summed E-state index contributed by atoms with van der Waals surface area (Å²) in [6.45, 7) is 1.50. The molecule has 1 aliphatic rings. The van der Waals surface area contributed by atoms with E-state index in [1.54, 1.807) is 24.3 Å². The second kappa shape index (κ2) is 4.72. The fourth-order valence-corrected chi connectivity index (χ4v) is 1.68. The minimum absolute atomic E-state index is 0.306. The fourth-order valence-electron chi connectivity index (χ4n) is 1.68. The van der Waals surface area contributed by atoms with Gasteiger partial charge in [-0.1, -0.05) is 0 Å². The van der Waals surface area contributed by atoms with Gasteiger partial charge in [-0.25, -0.2) is 0 Å². The van der Waals surface area contributed by atoms with Gasteiger partial charge in [-0.05, 0) is 24.3 Å². The van der Waals surface area contributed by atoms with Gasteiger partial charge in [-0.2, -0.15) is 0 Å². The van der Waals surface area contributed by atoms with Gasteiger partial charge in [0.1, 0.15) is 18.0 Å². The van der Waals surface area contributed by atoms with E-state index in [0.717, 1.165) is 5.75 Å². The molecule has 0 amide bonds. The Morgan fingerprint density at radius 1 is 1.25 bits per heavy atom. The van der Waals surface area contributed by atoms with Gasteiger partial charge in [0.25, 0.3) is 0 Å². The summed E-state index contributed by atoms with van der Waals surface area (Å²) in [6.07, 6.45) is 1.25. The first kappa shape index (κ1) is 11.2. The Labute approximate surface area is 95.0 Å². The summed E-state index contributed by atoms with van der Waals surface area (Å²) in [6, 6.07) is 7.17. The molecular weight excluding hydrogens is 206 g/mol. The number of hydrogen-bond acceptors (Lipinski definition) is 4. The van der Waals surface area contributed by atoms with E-state index < -0.39 is 5.60 Å². The normalized spacial score (nSPS) is 19.3. The molecule has 0 unspecified atom stereocenters. The van der Waals surface area contributed by atoms with Crippen LogP contribution in [0.2, 0.25) is 0 Å². The lowest BCUT2D eigenvalue weighted by Gasteiger charge is -2.31. The molecule has 0 saturated carbocycles. The molecule has 1 fully saturated rings. The molecule has 0 atom stereocenters. The second-order valence-electron chi connectivity index (χ2n) is 4.19. The summed E-state index contributed by atoms with van der Waals surface area (Å²) in [5.74, 6) is 0.731. The number of anilines is 1. The molecule has 88 valence electrons. The number of hydrogen-bond donors (Lipinski definition) is 2. The highest BCUT2D eigenvalue weighted by Crippen LogP contribution is 2.22. The molecule has 2 rings (SSSR count). The Morgan fingerprint density at radius 3 is 2.50 bits per heavy atom. The lowest BCUT2D eigenvalue weighted by molar-refractivity contribution is -0.0855. The van der Waals surface area contributed by atoms with Gasteiger partial charge in [0.15, 0.2) is 0 Å². The summed E-state index contributed by atoms with van der Waals surface area (Å²) >= 11 is 0. The molecule has 1 aliphatic heterocycles. The monoisotopic (exact) mass is 223 g/mol. The molecule has 0 aliphatic carbocycles. The maximum Gasteiger partial charge on any atom is 0.119 e. The van der Waals surface area contributed by atoms with Crippen molar-refractivity contribution in [3.63, 3.8) is 0 Å². The molecule has 3 N–H and O–H groups in total. The lowest BCUT2D eigenvalue weighted by Crippen LogP contribution is -2.41. The maximum absolute atomic E-state index is 10.2. The summed E-state index contributed by atoms with van der Waals surface area (Å²) in [4.78, 5) is 0. The average Bonchev–Trinajstić information content (AvgIpc) is 2.29. The van der Waals surface area contributed by atoms with E-state index in [2.05, 4.69) is 0 Å². The van der Waals surface area contributed by atoms with Crippen molar-refractivity contribution in [1.82, 2.24) is 0 Å². The van der Waals surface area contributed by atoms with Gasteiger partial charge in [0.05, 0.1) is 0 Å². The highest BCUT2D eigenvalue weighted by Gasteiger charge is 2.30. The fraction of sp³-hybridized carbons (Fsp3) is 0.500. The Bertz CT molecular complexity index is 331. The van der Waals surface area contributed by atoms with Crippen molar-refractivity contribution in [3.05, 3.63) is 24.3 Å². The van der Waals surface area contributed by atoms with Crippen molar-refractivity contribution in [1.29, 1.82) is 0 Å². The van der Waals surface area contributed by atoms with Crippen molar-refractivity contribution < 1.29 is 14.6 Å². The van der Waals surface area contributed by atoms with Crippen molar-refractivity contribution >= 4 is 5.69 Å². The van der Waals surface area contributed by atoms with Crippen LogP contribution in [0.25, 0.3) is 0 Å². The van der Waals surface area contributed by atoms with Gasteiger partial charge in [0.2, 0.25) is 0 Å². The zero-order chi connectivity index (χ0) is 11.4. The SMILES string of the molecule is Nc1ccc(OCC2(O)CCOCC2)cc1. The standard InChI is InChI=1S/C12H17NO3/c13-10-1-3-11(4-2-10)16-9-12(14)5-7-15-8-6-12/h1-4,14H,5-9,13H2. The van der Waals surface area contributed by atoms with E-state index >= 15 is 0 Å². The van der Waals surface area contributed by atoms with Crippen LogP contribution in [0.5, 0.6) is 5.75 Å². The minimum Gasteiger partial charge on any atom is -0.491 e. The van der Waals surface area contributed by atoms with E-state index in [0.29, 0.717) is 38.3 Å². The topological polar surface area (TPSA) is 64.7 Å². The van der Waals surface area contributed by atoms with Crippen LogP contribution >= 0.6 is 0 Å². The number of ether oxygens (including phenoxy) is 2. The van der Waals surface area contributed by atoms with E-state index in [1.807, 2.05) is 0 Å². The van der Waals surface area contributed by atoms with Crippen LogP contribution in [-0.2, 0) is 4.74 Å². The van der Waals surface area contributed by atoms with Crippen molar-refractivity contribution in [3.8, 4) is 5.75 Å². The molecule has 1 heterocycles. The number of rotatable bonds is 3. The molecule has 0 spiro atoms. The predicted molar refractivity (Wildman–Crippen MR) is 61.4 cm³/mol. The summed E-state index contributed by atoms with van der Waals surface area (Å²) in [7, 11) is 0. The third-order valence-electron chi connectivity index (χ3n) is 2.81. The number of nitrogen functional groups attached to an aromatic ring is 1. The molecule has 4 nitrogen and oxygen atoms in total. The minimum atomic E-state index is -0.750. The average molecular weight is 223 g/mol. The number of nitrogens with two attached hydrogens (primary N) is 1. The van der Waals surface area contributed by atoms with Crippen molar-refractivity contribution in [2.24, 2.45) is 0 Å². The summed E-state index contributed by atoms with van der Waals surface area (Å²) < 4.78 is 10.7. The third kappa shape index (κ3) is 2.87. The number of benzene rings is 1. The largest absolute Gasteiger partial charge is 0.491 e. The Hall–Kier alpha value is -1.26. The zero-order valence-electron chi connectivity index (χ0n) is 9.19. The maximum atomic E-state index is 10.2. The van der Waals surface area contributed by atoms with Crippen molar-refractivity contribution in [2.75, 3.05) is 25.6 Å². The highest BCUT2D eigenvalue weighted by atomic mass is 16.5. The van der Waals surface area contributed by atoms with Gasteiger partial charge in [-0.3, -0.25) is 0 Å². The first-order valence-corrected chi connectivity index (χ1v) is 5.46. The molecular formula is C12H17NO3. The molecule has 0 bridgehead atoms. The Kier molecular flexibility index (Phi) is 3.31. The van der Waals surface area contributed by atoms with E-state index in [9.17, 15) is 5.11 Å². The predicted octanol–water partition coefficient (Wildman–Crippen LogP) is 1.19. The highest BCUT2D eigenvalue weighted by molar-refractivity contribution is 5.41. The molecule has 4 heteroatoms. The first-order chi connectivity index (χ1) is 7.68. The molecule has 1 aromatic rings. The van der Waals surface area contributed by atoms with Crippen LogP contribution < -0.4 is 10.5 Å². The van der Waals surface area contributed by atoms with Crippen LogP contribution in [0.1, 0.15) is 12.8 Å². The van der Waals surface area contributed by atoms with Crippen LogP contribution in [0.15, 0.2) is 24.3 Å². The van der Waals surface area contributed by atoms with Crippen LogP contribution in [0.3, 0.4) is 0 Å². The molecule has 16 heavy (non-hydrogen) atoms. The van der Waals surface area contributed by atoms with Crippen LogP contribution in [0, 0.1) is 0 Å². The van der Waals surface area contributed by atoms with Crippen LogP contribution in [0.4, 0.5) is 5.69 Å². The molecule has 1 saturated heterocycles. The van der Waals surface area contributed by atoms with Gasteiger partial charge < -0.3 is 20.3 Å². The molecule has 0 aromatic heterocycles. The van der Waals surface area contributed by atoms with Gasteiger partial charge in [-0.15, -0.1) is 0 Å². The molecule has 0 radical (unpaired) electrons. The van der Waals surface area contributed by atoms with E-state index in [4.69, 9.17) is 15.2 Å². The quantitative estimate of drug-likeness (QED) is 0.755. The summed E-state index contributed by atoms with van der Waals surface area (Å²) in [5.41, 5.74) is 5.53. The molecule has 1 aromatic carbocycles. The lowest BCUT2D eigenvalue weighted by atomic mass is 9.96. The smallest absolute Gasteiger partial charge is 0.119 e. The number of aliphatic hydroxyl groups is 1. The van der Waals surface area contributed by atoms with Gasteiger partial charge >= 0.3 is 0 Å². The Balaban J connectivity index is 1.88. The van der Waals surface area contributed by atoms with E-state index in [1.165, 1.54) is 0 Å². The van der Waals surface area contributed by atoms with E-state index in [-0.39, 0.29) is 0 Å². The second-order valence-corrected chi connectivity index (χ2v) is 4.19. The summed E-state index contributed by atoms with van der Waals surface area (Å²) in [5, 5.41) is 10.2. The Morgan fingerprint density at radius 2 is 1.88 bits per heavy atom. The van der Waals surface area contributed by atoms with Crippen molar-refractivity contribution in [2.45, 2.75) is 18.4 Å². The first-order valence-electron chi connectivity index (χ1n) is 5.46. The zero-order valence-corrected chi connectivity index (χ0v) is 9.19. The van der Waals surface area contributed by atoms with Crippen LogP contribution in [-0.4, -0.2) is 30.5 Å².